The van der Waals surface area contributed by atoms with Gasteiger partial charge in [-0.3, -0.25) is 4.90 Å². The van der Waals surface area contributed by atoms with Crippen molar-refractivity contribution in [2.75, 3.05) is 31.1 Å². The molecular weight excluding hydrogens is 349 g/mol. The van der Waals surface area contributed by atoms with Crippen LogP contribution in [0.25, 0.3) is 0 Å². The van der Waals surface area contributed by atoms with Crippen LogP contribution in [0, 0.1) is 11.3 Å². The molecule has 0 N–H and O–H groups in total. The van der Waals surface area contributed by atoms with Crippen LogP contribution in [0.5, 0.6) is 0 Å². The smallest absolute Gasteiger partial charge is 0.399 e. The number of nitriles is 1. The number of anilines is 1. The second-order valence-corrected chi connectivity index (χ2v) is 8.59. The zero-order valence-electron chi connectivity index (χ0n) is 18.9. The van der Waals surface area contributed by atoms with Crippen molar-refractivity contribution >= 4 is 18.3 Å². The van der Waals surface area contributed by atoms with Crippen molar-refractivity contribution in [3.05, 3.63) is 23.8 Å². The van der Waals surface area contributed by atoms with Crippen LogP contribution in [0.15, 0.2) is 18.2 Å². The van der Waals surface area contributed by atoms with Crippen LogP contribution in [-0.4, -0.2) is 55.4 Å². The van der Waals surface area contributed by atoms with E-state index in [-0.39, 0.29) is 11.2 Å². The zero-order valence-corrected chi connectivity index (χ0v) is 18.9. The Morgan fingerprint density at radius 2 is 1.54 bits per heavy atom. The molecule has 0 unspecified atom stereocenters. The molecule has 0 bridgehead atoms. The van der Waals surface area contributed by atoms with Crippen molar-refractivity contribution in [2.24, 2.45) is 0 Å². The Kier molecular flexibility index (Phi) is 7.19. The monoisotopic (exact) mass is 385 g/mol. The third-order valence-corrected chi connectivity index (χ3v) is 6.05. The van der Waals surface area contributed by atoms with Gasteiger partial charge in [-0.1, -0.05) is 19.9 Å². The zero-order chi connectivity index (χ0) is 21.1. The van der Waals surface area contributed by atoms with Gasteiger partial charge in [0.15, 0.2) is 0 Å². The van der Waals surface area contributed by atoms with Crippen LogP contribution < -0.4 is 10.4 Å². The third kappa shape index (κ3) is 4.54. The summed E-state index contributed by atoms with van der Waals surface area (Å²) in [5, 5.41) is 9.69. The number of hydrogen-bond acceptors (Lipinski definition) is 5. The number of hydrogen-bond donors (Lipinski definition) is 0. The van der Waals surface area contributed by atoms with E-state index in [1.54, 1.807) is 0 Å². The molecule has 2 aliphatic rings. The Balaban J connectivity index is 0.00000136. The van der Waals surface area contributed by atoms with Gasteiger partial charge in [0, 0.05) is 32.2 Å². The Morgan fingerprint density at radius 1 is 1.00 bits per heavy atom. The summed E-state index contributed by atoms with van der Waals surface area (Å²) in [5.41, 5.74) is 1.85. The van der Waals surface area contributed by atoms with E-state index in [4.69, 9.17) is 9.31 Å². The summed E-state index contributed by atoms with van der Waals surface area (Å²) in [4.78, 5) is 4.78. The second-order valence-electron chi connectivity index (χ2n) is 8.59. The molecule has 1 aromatic carbocycles. The first-order chi connectivity index (χ1) is 13.1. The molecule has 2 heterocycles. The standard InChI is InChI=1S/C20H30BN3O2.C2H6/c1-15(2)23-9-11-24(12-10-23)18-8-7-17(13-16(18)14-22)21-25-19(3,4)20(5,6)26-21;1-2/h7-8,13,15H,9-12H2,1-6H3;1-2H3. The summed E-state index contributed by atoms with van der Waals surface area (Å²) in [5.74, 6) is 0. The fourth-order valence-electron chi connectivity index (χ4n) is 3.52. The summed E-state index contributed by atoms with van der Waals surface area (Å²) in [6.07, 6.45) is 0. The molecule has 1 aromatic rings. The topological polar surface area (TPSA) is 48.7 Å². The molecule has 6 heteroatoms. The van der Waals surface area contributed by atoms with Gasteiger partial charge in [0.2, 0.25) is 0 Å². The number of benzene rings is 1. The van der Waals surface area contributed by atoms with E-state index in [0.29, 0.717) is 11.6 Å². The van der Waals surface area contributed by atoms with E-state index in [9.17, 15) is 5.26 Å². The first kappa shape index (κ1) is 22.7. The Hall–Kier alpha value is -1.55. The lowest BCUT2D eigenvalue weighted by Gasteiger charge is -2.38. The molecule has 0 aromatic heterocycles. The van der Waals surface area contributed by atoms with Gasteiger partial charge < -0.3 is 14.2 Å². The first-order valence-corrected chi connectivity index (χ1v) is 10.5. The predicted molar refractivity (Wildman–Crippen MR) is 117 cm³/mol. The second kappa shape index (κ2) is 8.86. The molecular formula is C22H36BN3O2. The molecule has 0 spiro atoms. The van der Waals surface area contributed by atoms with E-state index in [1.165, 1.54) is 0 Å². The quantitative estimate of drug-likeness (QED) is 0.747. The van der Waals surface area contributed by atoms with E-state index >= 15 is 0 Å². The Labute approximate surface area is 171 Å². The van der Waals surface area contributed by atoms with Gasteiger partial charge in [-0.2, -0.15) is 5.26 Å². The number of nitrogens with zero attached hydrogens (tertiary/aromatic N) is 3. The Morgan fingerprint density at radius 3 is 2.00 bits per heavy atom. The van der Waals surface area contributed by atoms with Gasteiger partial charge in [0.25, 0.3) is 0 Å². The molecule has 2 aliphatic heterocycles. The highest BCUT2D eigenvalue weighted by Gasteiger charge is 2.51. The van der Waals surface area contributed by atoms with Crippen LogP contribution in [0.4, 0.5) is 5.69 Å². The Bertz CT molecular complexity index is 688. The van der Waals surface area contributed by atoms with Gasteiger partial charge in [-0.05, 0) is 59.1 Å². The molecule has 28 heavy (non-hydrogen) atoms. The predicted octanol–water partition coefficient (Wildman–Crippen LogP) is 3.41. The third-order valence-electron chi connectivity index (χ3n) is 6.05. The minimum Gasteiger partial charge on any atom is -0.399 e. The van der Waals surface area contributed by atoms with Crippen LogP contribution >= 0.6 is 0 Å². The van der Waals surface area contributed by atoms with Crippen molar-refractivity contribution < 1.29 is 9.31 Å². The molecule has 0 aliphatic carbocycles. The minimum absolute atomic E-state index is 0.379. The fraction of sp³-hybridized carbons (Fsp3) is 0.682. The maximum Gasteiger partial charge on any atom is 0.494 e. The molecule has 154 valence electrons. The molecule has 2 saturated heterocycles. The first-order valence-electron chi connectivity index (χ1n) is 10.5. The van der Waals surface area contributed by atoms with Gasteiger partial charge in [0.1, 0.15) is 6.07 Å². The maximum absolute atomic E-state index is 9.69. The molecule has 0 saturated carbocycles. The molecule has 0 radical (unpaired) electrons. The lowest BCUT2D eigenvalue weighted by atomic mass is 9.78. The summed E-state index contributed by atoms with van der Waals surface area (Å²) < 4.78 is 12.2. The van der Waals surface area contributed by atoms with Gasteiger partial charge in [-0.15, -0.1) is 0 Å². The van der Waals surface area contributed by atoms with Crippen molar-refractivity contribution in [1.82, 2.24) is 4.90 Å². The van der Waals surface area contributed by atoms with Gasteiger partial charge >= 0.3 is 7.12 Å². The normalized spacial score (nSPS) is 21.3. The van der Waals surface area contributed by atoms with Crippen molar-refractivity contribution in [2.45, 2.75) is 72.6 Å². The lowest BCUT2D eigenvalue weighted by Crippen LogP contribution is -2.49. The van der Waals surface area contributed by atoms with Gasteiger partial charge in [0.05, 0.1) is 22.5 Å². The number of rotatable bonds is 3. The van der Waals surface area contributed by atoms with Crippen molar-refractivity contribution in [3.8, 4) is 6.07 Å². The minimum atomic E-state index is -0.432. The van der Waals surface area contributed by atoms with E-state index in [0.717, 1.165) is 37.3 Å². The van der Waals surface area contributed by atoms with Crippen LogP contribution in [0.3, 0.4) is 0 Å². The highest BCUT2D eigenvalue weighted by molar-refractivity contribution is 6.62. The van der Waals surface area contributed by atoms with Gasteiger partial charge in [-0.25, -0.2) is 0 Å². The highest BCUT2D eigenvalue weighted by atomic mass is 16.7. The molecule has 3 rings (SSSR count). The summed E-state index contributed by atoms with van der Waals surface area (Å²) in [6.45, 7) is 20.6. The van der Waals surface area contributed by atoms with Crippen LogP contribution in [0.1, 0.15) is 61.0 Å². The van der Waals surface area contributed by atoms with Crippen molar-refractivity contribution in [3.63, 3.8) is 0 Å². The molecule has 0 atom stereocenters. The molecule has 5 nitrogen and oxygen atoms in total. The highest BCUT2D eigenvalue weighted by Crippen LogP contribution is 2.36. The van der Waals surface area contributed by atoms with Crippen LogP contribution in [0.2, 0.25) is 0 Å². The fourth-order valence-corrected chi connectivity index (χ4v) is 3.52. The number of piperazine rings is 1. The summed E-state index contributed by atoms with van der Waals surface area (Å²) >= 11 is 0. The van der Waals surface area contributed by atoms with Crippen molar-refractivity contribution in [1.29, 1.82) is 5.26 Å². The molecule has 0 amide bonds. The summed E-state index contributed by atoms with van der Waals surface area (Å²) in [7, 11) is -0.432. The lowest BCUT2D eigenvalue weighted by molar-refractivity contribution is 0.00578. The molecule has 2 fully saturated rings. The van der Waals surface area contributed by atoms with E-state index in [1.807, 2.05) is 59.7 Å². The van der Waals surface area contributed by atoms with E-state index in [2.05, 4.69) is 29.7 Å². The average Bonchev–Trinajstić information content (AvgIpc) is 2.90. The van der Waals surface area contributed by atoms with E-state index < -0.39 is 7.12 Å². The SMILES string of the molecule is CC.CC(C)N1CCN(c2ccc(B3OC(C)(C)C(C)(C)O3)cc2C#N)CC1. The van der Waals surface area contributed by atoms with Crippen LogP contribution in [-0.2, 0) is 9.31 Å². The largest absolute Gasteiger partial charge is 0.494 e. The average molecular weight is 385 g/mol. The summed E-state index contributed by atoms with van der Waals surface area (Å²) in [6, 6.07) is 8.94. The maximum atomic E-state index is 9.69.